The fraction of sp³-hybridized carbons (Fsp3) is 0.385. The molecule has 1 aromatic heterocycles. The van der Waals surface area contributed by atoms with Crippen molar-refractivity contribution < 1.29 is 4.52 Å². The number of hydrogen-bond donors (Lipinski definition) is 1. The van der Waals surface area contributed by atoms with E-state index in [-0.39, 0.29) is 12.0 Å². The maximum absolute atomic E-state index is 6.08. The molecule has 4 nitrogen and oxygen atoms in total. The van der Waals surface area contributed by atoms with Crippen molar-refractivity contribution >= 4 is 23.4 Å². The van der Waals surface area contributed by atoms with Gasteiger partial charge in [-0.15, -0.1) is 11.8 Å². The molecule has 0 unspecified atom stereocenters. The quantitative estimate of drug-likeness (QED) is 0.853. The molecular formula is C13H16ClN3OS. The van der Waals surface area contributed by atoms with Crippen molar-refractivity contribution in [2.45, 2.75) is 30.5 Å². The van der Waals surface area contributed by atoms with Gasteiger partial charge in [-0.1, -0.05) is 42.7 Å². The largest absolute Gasteiger partial charge is 0.338 e. The van der Waals surface area contributed by atoms with Crippen molar-refractivity contribution in [1.82, 2.24) is 10.1 Å². The molecule has 0 fully saturated rings. The summed E-state index contributed by atoms with van der Waals surface area (Å²) < 4.78 is 5.17. The van der Waals surface area contributed by atoms with Crippen LogP contribution >= 0.6 is 23.4 Å². The monoisotopic (exact) mass is 297 g/mol. The minimum absolute atomic E-state index is 0.216. The summed E-state index contributed by atoms with van der Waals surface area (Å²) in [5.74, 6) is 2.00. The number of aromatic nitrogens is 2. The Hall–Kier alpha value is -1.04. The highest BCUT2D eigenvalue weighted by Gasteiger charge is 2.18. The molecule has 2 rings (SSSR count). The summed E-state index contributed by atoms with van der Waals surface area (Å²) in [5, 5.41) is 4.67. The highest BCUT2D eigenvalue weighted by Crippen LogP contribution is 2.29. The summed E-state index contributed by atoms with van der Waals surface area (Å²) in [6.45, 7) is 4.04. The van der Waals surface area contributed by atoms with Crippen molar-refractivity contribution in [3.8, 4) is 0 Å². The van der Waals surface area contributed by atoms with Gasteiger partial charge < -0.3 is 10.3 Å². The first-order valence-corrected chi connectivity index (χ1v) is 7.39. The molecule has 2 N–H and O–H groups in total. The van der Waals surface area contributed by atoms with Gasteiger partial charge in [0.1, 0.15) is 0 Å². The fourth-order valence-corrected chi connectivity index (χ4v) is 2.53. The van der Waals surface area contributed by atoms with Crippen LogP contribution in [0.1, 0.15) is 31.6 Å². The number of nitrogens with zero attached hydrogens (tertiary/aromatic N) is 2. The molecule has 6 heteroatoms. The van der Waals surface area contributed by atoms with E-state index < -0.39 is 0 Å². The van der Waals surface area contributed by atoms with Crippen LogP contribution in [0.2, 0.25) is 5.02 Å². The van der Waals surface area contributed by atoms with Crippen LogP contribution in [0.15, 0.2) is 33.7 Å². The molecule has 0 saturated carbocycles. The van der Waals surface area contributed by atoms with E-state index in [1.807, 2.05) is 38.1 Å². The van der Waals surface area contributed by atoms with Gasteiger partial charge in [0.2, 0.25) is 5.89 Å². The van der Waals surface area contributed by atoms with Gasteiger partial charge in [-0.05, 0) is 18.1 Å². The predicted octanol–water partition coefficient (Wildman–Crippen LogP) is 3.67. The van der Waals surface area contributed by atoms with Crippen LogP contribution in [0, 0.1) is 5.92 Å². The van der Waals surface area contributed by atoms with E-state index >= 15 is 0 Å². The third kappa shape index (κ3) is 3.72. The number of rotatable bonds is 5. The van der Waals surface area contributed by atoms with Crippen molar-refractivity contribution in [1.29, 1.82) is 0 Å². The lowest BCUT2D eigenvalue weighted by molar-refractivity contribution is 0.323. The molecule has 1 atom stereocenters. The minimum Gasteiger partial charge on any atom is -0.338 e. The minimum atomic E-state index is -0.216. The van der Waals surface area contributed by atoms with E-state index in [0.29, 0.717) is 17.5 Å². The van der Waals surface area contributed by atoms with Crippen molar-refractivity contribution in [3.05, 3.63) is 41.0 Å². The lowest BCUT2D eigenvalue weighted by Gasteiger charge is -2.09. The normalized spacial score (nSPS) is 12.9. The summed E-state index contributed by atoms with van der Waals surface area (Å²) in [5.41, 5.74) is 5.96. The van der Waals surface area contributed by atoms with E-state index in [4.69, 9.17) is 21.9 Å². The highest BCUT2D eigenvalue weighted by molar-refractivity contribution is 7.98. The highest BCUT2D eigenvalue weighted by atomic mass is 35.5. The lowest BCUT2D eigenvalue weighted by Crippen LogP contribution is -2.17. The zero-order valence-electron chi connectivity index (χ0n) is 10.8. The Balaban J connectivity index is 1.99. The Kier molecular flexibility index (Phi) is 4.85. The molecule has 19 heavy (non-hydrogen) atoms. The van der Waals surface area contributed by atoms with E-state index in [1.165, 1.54) is 0 Å². The average Bonchev–Trinajstić information content (AvgIpc) is 2.85. The maximum Gasteiger partial charge on any atom is 0.243 e. The van der Waals surface area contributed by atoms with Gasteiger partial charge in [0.05, 0.1) is 16.8 Å². The van der Waals surface area contributed by atoms with Crippen LogP contribution in [-0.2, 0) is 5.75 Å². The third-order valence-corrected chi connectivity index (χ3v) is 4.19. The summed E-state index contributed by atoms with van der Waals surface area (Å²) in [6.07, 6.45) is 0. The zero-order chi connectivity index (χ0) is 13.8. The van der Waals surface area contributed by atoms with Crippen LogP contribution < -0.4 is 5.73 Å². The molecular weight excluding hydrogens is 282 g/mol. The van der Waals surface area contributed by atoms with E-state index in [0.717, 1.165) is 9.92 Å². The second-order valence-corrected chi connectivity index (χ2v) is 5.96. The first-order valence-electron chi connectivity index (χ1n) is 6.03. The molecule has 0 aliphatic heterocycles. The molecule has 0 bridgehead atoms. The molecule has 1 heterocycles. The maximum atomic E-state index is 6.08. The molecule has 2 aromatic rings. The fourth-order valence-electron chi connectivity index (χ4n) is 1.45. The first kappa shape index (κ1) is 14.4. The second-order valence-electron chi connectivity index (χ2n) is 4.54. The van der Waals surface area contributed by atoms with Gasteiger partial charge in [0.25, 0.3) is 0 Å². The number of hydrogen-bond acceptors (Lipinski definition) is 5. The Morgan fingerprint density at radius 2 is 2.11 bits per heavy atom. The van der Waals surface area contributed by atoms with E-state index in [1.54, 1.807) is 11.8 Å². The van der Waals surface area contributed by atoms with E-state index in [2.05, 4.69) is 10.1 Å². The van der Waals surface area contributed by atoms with Crippen LogP contribution in [0.25, 0.3) is 0 Å². The van der Waals surface area contributed by atoms with Gasteiger partial charge in [-0.3, -0.25) is 0 Å². The Morgan fingerprint density at radius 3 is 2.79 bits per heavy atom. The molecule has 1 aromatic carbocycles. The standard InChI is InChI=1S/C13H16ClN3OS/c1-8(2)12(15)13-16-11(17-18-13)7-19-10-6-4-3-5-9(10)14/h3-6,8,12H,7,15H2,1-2H3/t12-/m1/s1. The van der Waals surface area contributed by atoms with Crippen LogP contribution in [0.5, 0.6) is 0 Å². The Morgan fingerprint density at radius 1 is 1.37 bits per heavy atom. The average molecular weight is 298 g/mol. The van der Waals surface area contributed by atoms with Gasteiger partial charge >= 0.3 is 0 Å². The van der Waals surface area contributed by atoms with Gasteiger partial charge in [0.15, 0.2) is 5.82 Å². The molecule has 0 aliphatic carbocycles. The summed E-state index contributed by atoms with van der Waals surface area (Å²) >= 11 is 7.66. The number of benzene rings is 1. The van der Waals surface area contributed by atoms with Crippen LogP contribution in [0.3, 0.4) is 0 Å². The summed E-state index contributed by atoms with van der Waals surface area (Å²) in [7, 11) is 0. The van der Waals surface area contributed by atoms with Crippen molar-refractivity contribution in [2.24, 2.45) is 11.7 Å². The van der Waals surface area contributed by atoms with E-state index in [9.17, 15) is 0 Å². The predicted molar refractivity (Wildman–Crippen MR) is 77.1 cm³/mol. The van der Waals surface area contributed by atoms with Gasteiger partial charge in [0, 0.05) is 4.90 Å². The number of thioether (sulfide) groups is 1. The first-order chi connectivity index (χ1) is 9.08. The van der Waals surface area contributed by atoms with Crippen LogP contribution in [0.4, 0.5) is 0 Å². The topological polar surface area (TPSA) is 64.9 Å². The SMILES string of the molecule is CC(C)[C@@H](N)c1nc(CSc2ccccc2Cl)no1. The molecule has 0 saturated heterocycles. The van der Waals surface area contributed by atoms with Gasteiger partial charge in [-0.2, -0.15) is 4.98 Å². The van der Waals surface area contributed by atoms with Gasteiger partial charge in [-0.25, -0.2) is 0 Å². The lowest BCUT2D eigenvalue weighted by atomic mass is 10.1. The number of nitrogens with two attached hydrogens (primary N) is 1. The van der Waals surface area contributed by atoms with Crippen molar-refractivity contribution in [3.63, 3.8) is 0 Å². The van der Waals surface area contributed by atoms with Crippen molar-refractivity contribution in [2.75, 3.05) is 0 Å². The zero-order valence-corrected chi connectivity index (χ0v) is 12.4. The third-order valence-electron chi connectivity index (χ3n) is 2.68. The summed E-state index contributed by atoms with van der Waals surface area (Å²) in [6, 6.07) is 7.46. The summed E-state index contributed by atoms with van der Waals surface area (Å²) in [4.78, 5) is 5.31. The Bertz CT molecular complexity index is 544. The smallest absolute Gasteiger partial charge is 0.243 e. The second kappa shape index (κ2) is 6.41. The molecule has 0 amide bonds. The molecule has 0 radical (unpaired) electrons. The molecule has 0 spiro atoms. The number of halogens is 1. The molecule has 0 aliphatic rings. The Labute approximate surface area is 121 Å². The molecule has 102 valence electrons. The van der Waals surface area contributed by atoms with Crippen LogP contribution in [-0.4, -0.2) is 10.1 Å².